The summed E-state index contributed by atoms with van der Waals surface area (Å²) in [4.78, 5) is 31.6. The van der Waals surface area contributed by atoms with Crippen LogP contribution < -0.4 is 16.2 Å². The lowest BCUT2D eigenvalue weighted by molar-refractivity contribution is -0.119. The van der Waals surface area contributed by atoms with Gasteiger partial charge in [0.1, 0.15) is 17.1 Å². The minimum Gasteiger partial charge on any atom is -0.357 e. The molecule has 1 aliphatic heterocycles. The first-order valence-electron chi connectivity index (χ1n) is 12.6. The second-order valence-electron chi connectivity index (χ2n) is 10.1. The Morgan fingerprint density at radius 2 is 1.97 bits per heavy atom. The number of alkyl halides is 2. The number of aromatic nitrogens is 3. The van der Waals surface area contributed by atoms with Crippen LogP contribution in [0.2, 0.25) is 0 Å². The van der Waals surface area contributed by atoms with Crippen LogP contribution in [-0.2, 0) is 16.6 Å². The van der Waals surface area contributed by atoms with E-state index in [-0.39, 0.29) is 17.6 Å². The van der Waals surface area contributed by atoms with Crippen molar-refractivity contribution in [3.63, 3.8) is 0 Å². The van der Waals surface area contributed by atoms with Crippen molar-refractivity contribution in [1.29, 1.82) is 0 Å². The van der Waals surface area contributed by atoms with Crippen molar-refractivity contribution >= 4 is 45.9 Å². The third kappa shape index (κ3) is 4.52. The summed E-state index contributed by atoms with van der Waals surface area (Å²) < 4.78 is 36.2. The number of anilines is 3. The Morgan fingerprint density at radius 1 is 1.19 bits per heavy atom. The topological polar surface area (TPSA) is 90.2 Å². The number of ether oxygens (including phenoxy) is 1. The average Bonchev–Trinajstić information content (AvgIpc) is 3.80. The van der Waals surface area contributed by atoms with Crippen LogP contribution in [-0.4, -0.2) is 39.0 Å². The smallest absolute Gasteiger partial charge is 0.278 e. The van der Waals surface area contributed by atoms with Gasteiger partial charge in [0.05, 0.1) is 11.4 Å². The quantitative estimate of drug-likeness (QED) is 0.400. The molecule has 2 aromatic heterocycles. The van der Waals surface area contributed by atoms with Gasteiger partial charge in [0.15, 0.2) is 11.9 Å². The molecule has 37 heavy (non-hydrogen) atoms. The minimum atomic E-state index is -2.99. The van der Waals surface area contributed by atoms with Gasteiger partial charge in [0.2, 0.25) is 5.91 Å². The summed E-state index contributed by atoms with van der Waals surface area (Å²) in [6, 6.07) is 7.81. The number of carbonyl (C=O) groups excluding carboxylic acids is 1. The van der Waals surface area contributed by atoms with Crippen molar-refractivity contribution in [3.05, 3.63) is 40.2 Å². The van der Waals surface area contributed by atoms with Crippen LogP contribution in [0.25, 0.3) is 11.0 Å². The minimum absolute atomic E-state index is 0.109. The Balaban J connectivity index is 1.45. The van der Waals surface area contributed by atoms with Crippen molar-refractivity contribution in [2.45, 2.75) is 61.5 Å². The van der Waals surface area contributed by atoms with Gasteiger partial charge in [-0.1, -0.05) is 6.07 Å². The first-order valence-corrected chi connectivity index (χ1v) is 13.9. The molecule has 196 valence electrons. The molecule has 1 aromatic carbocycles. The number of nitrogens with one attached hydrogen (secondary N) is 2. The first kappa shape index (κ1) is 24.4. The molecule has 3 heterocycles. The Kier molecular flexibility index (Phi) is 6.02. The fourth-order valence-corrected chi connectivity index (χ4v) is 5.65. The van der Waals surface area contributed by atoms with Gasteiger partial charge in [0, 0.05) is 31.0 Å². The van der Waals surface area contributed by atoms with Crippen LogP contribution in [0.4, 0.5) is 26.0 Å². The monoisotopic (exact) mass is 529 g/mol. The van der Waals surface area contributed by atoms with E-state index in [1.807, 2.05) is 12.3 Å². The lowest BCUT2D eigenvalue weighted by Gasteiger charge is -2.25. The van der Waals surface area contributed by atoms with Crippen molar-refractivity contribution in [2.24, 2.45) is 13.0 Å². The van der Waals surface area contributed by atoms with Crippen LogP contribution in [0.3, 0.4) is 0 Å². The number of hydrogen-bond donors (Lipinski definition) is 2. The second kappa shape index (κ2) is 9.13. The largest absolute Gasteiger partial charge is 0.357 e. The number of thioether (sulfide) groups is 1. The maximum Gasteiger partial charge on any atom is 0.278 e. The van der Waals surface area contributed by atoms with Crippen LogP contribution >= 0.6 is 11.8 Å². The molecule has 1 amide bonds. The van der Waals surface area contributed by atoms with Crippen molar-refractivity contribution in [1.82, 2.24) is 14.3 Å². The van der Waals surface area contributed by atoms with E-state index >= 15 is 0 Å². The normalized spacial score (nSPS) is 22.7. The summed E-state index contributed by atoms with van der Waals surface area (Å²) >= 11 is 1.60. The summed E-state index contributed by atoms with van der Waals surface area (Å²) in [6.45, 7) is 0.571. The molecular formula is C26H29F2N5O3S. The lowest BCUT2D eigenvalue weighted by Crippen LogP contribution is -2.27. The molecule has 0 radical (unpaired) electrons. The van der Waals surface area contributed by atoms with E-state index in [0.717, 1.165) is 23.4 Å². The molecule has 2 saturated carbocycles. The molecule has 3 fully saturated rings. The van der Waals surface area contributed by atoms with E-state index in [9.17, 15) is 18.4 Å². The van der Waals surface area contributed by atoms with Crippen molar-refractivity contribution in [2.75, 3.05) is 23.5 Å². The van der Waals surface area contributed by atoms with Crippen LogP contribution in [0.5, 0.6) is 0 Å². The van der Waals surface area contributed by atoms with E-state index in [2.05, 4.69) is 27.8 Å². The SMILES string of the molecule is CSc1cc(C2CC2)ccc1Nc1cc(NC(=O)C2CC2(F)F)nc2c1c(=O)n(C)n2C1CCCCO1. The van der Waals surface area contributed by atoms with E-state index in [1.165, 1.54) is 23.1 Å². The number of fused-ring (bicyclic) bond motifs is 1. The zero-order chi connectivity index (χ0) is 25.9. The molecule has 0 bridgehead atoms. The Bertz CT molecular complexity index is 1440. The fourth-order valence-electron chi connectivity index (χ4n) is 5.06. The molecule has 6 rings (SSSR count). The van der Waals surface area contributed by atoms with E-state index < -0.39 is 24.2 Å². The number of carbonyl (C=O) groups is 1. The molecule has 2 unspecified atom stereocenters. The number of benzene rings is 1. The maximum absolute atomic E-state index is 13.5. The highest BCUT2D eigenvalue weighted by molar-refractivity contribution is 7.98. The van der Waals surface area contributed by atoms with Gasteiger partial charge in [-0.15, -0.1) is 11.8 Å². The first-order chi connectivity index (χ1) is 17.8. The standard InChI is InChI=1S/C26H29F2N5O3S/c1-32-25(35)22-18(29-17-9-8-15(14-6-7-14)11-19(17)37-2)12-20(31-24(34)16-13-26(16,27)28)30-23(22)33(32)21-5-3-4-10-36-21/h8-9,11-12,14,16,21H,3-7,10,13H2,1-2H3,(H2,29,30,31,34). The molecule has 8 nitrogen and oxygen atoms in total. The molecule has 3 aromatic rings. The van der Waals surface area contributed by atoms with Gasteiger partial charge >= 0.3 is 0 Å². The number of halogens is 2. The van der Waals surface area contributed by atoms with Crippen LogP contribution in [0, 0.1) is 5.92 Å². The highest BCUT2D eigenvalue weighted by Crippen LogP contribution is 2.49. The molecule has 11 heteroatoms. The lowest BCUT2D eigenvalue weighted by atomic mass is 10.1. The number of nitrogens with zero attached hydrogens (tertiary/aromatic N) is 3. The van der Waals surface area contributed by atoms with Gasteiger partial charge in [-0.2, -0.15) is 0 Å². The third-order valence-corrected chi connectivity index (χ3v) is 8.19. The number of pyridine rings is 1. The molecule has 2 aliphatic carbocycles. The summed E-state index contributed by atoms with van der Waals surface area (Å²) in [5.74, 6) is -4.42. The van der Waals surface area contributed by atoms with Crippen molar-refractivity contribution < 1.29 is 18.3 Å². The van der Waals surface area contributed by atoms with Gasteiger partial charge in [-0.25, -0.2) is 23.1 Å². The van der Waals surface area contributed by atoms with Gasteiger partial charge in [-0.05, 0) is 62.0 Å². The molecule has 3 aliphatic rings. The number of hydrogen-bond acceptors (Lipinski definition) is 6. The van der Waals surface area contributed by atoms with Crippen molar-refractivity contribution in [3.8, 4) is 0 Å². The average molecular weight is 530 g/mol. The maximum atomic E-state index is 13.5. The Morgan fingerprint density at radius 3 is 2.62 bits per heavy atom. The second-order valence-corrected chi connectivity index (χ2v) is 11.0. The highest BCUT2D eigenvalue weighted by atomic mass is 32.2. The predicted molar refractivity (Wildman–Crippen MR) is 139 cm³/mol. The van der Waals surface area contributed by atoms with E-state index in [0.29, 0.717) is 35.7 Å². The fraction of sp³-hybridized carbons (Fsp3) is 0.500. The molecule has 0 spiro atoms. The van der Waals surface area contributed by atoms with Crippen LogP contribution in [0.15, 0.2) is 34.0 Å². The number of amides is 1. The van der Waals surface area contributed by atoms with Crippen LogP contribution in [0.1, 0.15) is 56.2 Å². The third-order valence-electron chi connectivity index (χ3n) is 7.41. The van der Waals surface area contributed by atoms with E-state index in [4.69, 9.17) is 4.74 Å². The number of rotatable bonds is 7. The summed E-state index contributed by atoms with van der Waals surface area (Å²) in [5.41, 5.74) is 2.64. The molecule has 2 atom stereocenters. The van der Waals surface area contributed by atoms with Gasteiger partial charge in [-0.3, -0.25) is 9.59 Å². The predicted octanol–water partition coefficient (Wildman–Crippen LogP) is 5.37. The summed E-state index contributed by atoms with van der Waals surface area (Å²) in [5, 5.41) is 6.29. The Labute approximate surface area is 216 Å². The Hall–Kier alpha value is -2.92. The summed E-state index contributed by atoms with van der Waals surface area (Å²) in [6.07, 6.45) is 6.13. The van der Waals surface area contributed by atoms with E-state index in [1.54, 1.807) is 29.6 Å². The zero-order valence-electron chi connectivity index (χ0n) is 20.7. The zero-order valence-corrected chi connectivity index (χ0v) is 21.5. The summed E-state index contributed by atoms with van der Waals surface area (Å²) in [7, 11) is 1.66. The molecule has 1 saturated heterocycles. The van der Waals surface area contributed by atoms with Gasteiger partial charge < -0.3 is 15.4 Å². The molecular weight excluding hydrogens is 500 g/mol. The highest BCUT2D eigenvalue weighted by Gasteiger charge is 2.61. The van der Waals surface area contributed by atoms with Gasteiger partial charge in [0.25, 0.3) is 11.5 Å². The molecule has 2 N–H and O–H groups in total.